The van der Waals surface area contributed by atoms with Crippen LogP contribution in [0.1, 0.15) is 10.4 Å². The molecule has 1 N–H and O–H groups in total. The Bertz CT molecular complexity index is 926. The van der Waals surface area contributed by atoms with Crippen LogP contribution in [0.25, 0.3) is 5.69 Å². The number of imidazole rings is 1. The SMILES string of the molecule is O=C(Nc1ccc(-n2ccnc2)c(F)c1)c1ccccc1SC(F)(F)F. The van der Waals surface area contributed by atoms with Crippen LogP contribution in [0, 0.1) is 5.82 Å². The molecule has 3 aromatic rings. The van der Waals surface area contributed by atoms with E-state index in [1.54, 1.807) is 6.20 Å². The van der Waals surface area contributed by atoms with Crippen molar-refractivity contribution in [3.8, 4) is 5.69 Å². The number of carbonyl (C=O) groups excluding carboxylic acids is 1. The van der Waals surface area contributed by atoms with Gasteiger partial charge in [-0.05, 0) is 42.1 Å². The fourth-order valence-electron chi connectivity index (χ4n) is 2.26. The normalized spacial score (nSPS) is 11.4. The molecular weight excluding hydrogens is 370 g/mol. The second kappa shape index (κ2) is 7.20. The molecule has 0 saturated heterocycles. The first-order valence-corrected chi connectivity index (χ1v) is 8.09. The van der Waals surface area contributed by atoms with Gasteiger partial charge in [-0.2, -0.15) is 13.2 Å². The van der Waals surface area contributed by atoms with Crippen molar-refractivity contribution in [1.82, 2.24) is 9.55 Å². The largest absolute Gasteiger partial charge is 0.446 e. The number of aromatic nitrogens is 2. The Morgan fingerprint density at radius 3 is 2.58 bits per heavy atom. The van der Waals surface area contributed by atoms with Gasteiger partial charge in [-0.1, -0.05) is 12.1 Å². The van der Waals surface area contributed by atoms with Crippen molar-refractivity contribution in [3.63, 3.8) is 0 Å². The highest BCUT2D eigenvalue weighted by Gasteiger charge is 2.31. The summed E-state index contributed by atoms with van der Waals surface area (Å²) in [7, 11) is 0. The number of thioether (sulfide) groups is 1. The van der Waals surface area contributed by atoms with Crippen molar-refractivity contribution in [2.24, 2.45) is 0 Å². The molecule has 26 heavy (non-hydrogen) atoms. The molecule has 0 aliphatic rings. The maximum absolute atomic E-state index is 14.2. The van der Waals surface area contributed by atoms with Gasteiger partial charge in [0.1, 0.15) is 5.82 Å². The first kappa shape index (κ1) is 18.0. The third-order valence-electron chi connectivity index (χ3n) is 3.35. The van der Waals surface area contributed by atoms with Crippen molar-refractivity contribution in [1.29, 1.82) is 0 Å². The van der Waals surface area contributed by atoms with Crippen LogP contribution >= 0.6 is 11.8 Å². The van der Waals surface area contributed by atoms with E-state index in [0.29, 0.717) is 0 Å². The van der Waals surface area contributed by atoms with Crippen LogP contribution in [0.5, 0.6) is 0 Å². The number of nitrogens with one attached hydrogen (secondary N) is 1. The van der Waals surface area contributed by atoms with Crippen LogP contribution in [-0.4, -0.2) is 21.0 Å². The number of carbonyl (C=O) groups is 1. The molecule has 1 heterocycles. The third kappa shape index (κ3) is 4.23. The second-order valence-electron chi connectivity index (χ2n) is 5.13. The van der Waals surface area contributed by atoms with E-state index in [1.165, 1.54) is 53.5 Å². The molecule has 0 atom stereocenters. The molecule has 0 radical (unpaired) electrons. The number of anilines is 1. The minimum Gasteiger partial charge on any atom is -0.322 e. The topological polar surface area (TPSA) is 46.9 Å². The molecule has 0 fully saturated rings. The van der Waals surface area contributed by atoms with Crippen LogP contribution in [0.4, 0.5) is 23.2 Å². The Morgan fingerprint density at radius 2 is 1.92 bits per heavy atom. The van der Waals surface area contributed by atoms with Gasteiger partial charge in [0.25, 0.3) is 5.91 Å². The minimum absolute atomic E-state index is 0.128. The van der Waals surface area contributed by atoms with E-state index < -0.39 is 17.2 Å². The first-order chi connectivity index (χ1) is 12.3. The Kier molecular flexibility index (Phi) is 4.99. The summed E-state index contributed by atoms with van der Waals surface area (Å²) >= 11 is -0.375. The summed E-state index contributed by atoms with van der Waals surface area (Å²) in [6.45, 7) is 0. The number of halogens is 4. The molecule has 0 aliphatic carbocycles. The van der Waals surface area contributed by atoms with Crippen LogP contribution in [0.3, 0.4) is 0 Å². The number of amides is 1. The fourth-order valence-corrected chi connectivity index (χ4v) is 2.93. The van der Waals surface area contributed by atoms with E-state index >= 15 is 0 Å². The number of rotatable bonds is 4. The maximum Gasteiger partial charge on any atom is 0.446 e. The number of alkyl halides is 3. The van der Waals surface area contributed by atoms with Gasteiger partial charge in [0, 0.05) is 23.0 Å². The number of nitrogens with zero attached hydrogens (tertiary/aromatic N) is 2. The predicted molar refractivity (Wildman–Crippen MR) is 89.8 cm³/mol. The Morgan fingerprint density at radius 1 is 1.15 bits per heavy atom. The van der Waals surface area contributed by atoms with E-state index in [0.717, 1.165) is 6.07 Å². The third-order valence-corrected chi connectivity index (χ3v) is 4.15. The summed E-state index contributed by atoms with van der Waals surface area (Å²) in [4.78, 5) is 15.9. The Labute approximate surface area is 149 Å². The highest BCUT2D eigenvalue weighted by atomic mass is 32.2. The zero-order valence-corrected chi connectivity index (χ0v) is 13.8. The monoisotopic (exact) mass is 381 g/mol. The van der Waals surface area contributed by atoms with E-state index in [2.05, 4.69) is 10.3 Å². The van der Waals surface area contributed by atoms with Crippen molar-refractivity contribution in [3.05, 3.63) is 72.6 Å². The number of hydrogen-bond donors (Lipinski definition) is 1. The standard InChI is InChI=1S/C17H11F4N3OS/c18-13-9-11(5-6-14(13)24-8-7-22-10-24)23-16(25)12-3-1-2-4-15(12)26-17(19,20)21/h1-10H,(H,23,25). The molecule has 0 unspecified atom stereocenters. The quantitative estimate of drug-likeness (QED) is 0.518. The highest BCUT2D eigenvalue weighted by Crippen LogP contribution is 2.38. The highest BCUT2D eigenvalue weighted by molar-refractivity contribution is 8.00. The van der Waals surface area contributed by atoms with Gasteiger partial charge in [0.05, 0.1) is 17.6 Å². The molecule has 1 amide bonds. The minimum atomic E-state index is -4.52. The molecule has 9 heteroatoms. The van der Waals surface area contributed by atoms with E-state index in [-0.39, 0.29) is 33.6 Å². The molecule has 0 aliphatic heterocycles. The smallest absolute Gasteiger partial charge is 0.322 e. The van der Waals surface area contributed by atoms with Crippen LogP contribution in [0.2, 0.25) is 0 Å². The summed E-state index contributed by atoms with van der Waals surface area (Å²) in [6, 6.07) is 9.32. The zero-order valence-electron chi connectivity index (χ0n) is 13.0. The molecule has 1 aromatic heterocycles. The summed E-state index contributed by atoms with van der Waals surface area (Å²) in [5.74, 6) is -1.37. The Hall–Kier alpha value is -2.81. The van der Waals surface area contributed by atoms with Gasteiger partial charge in [-0.25, -0.2) is 9.37 Å². The van der Waals surface area contributed by atoms with Gasteiger partial charge in [-0.3, -0.25) is 4.79 Å². The summed E-state index contributed by atoms with van der Waals surface area (Å²) in [5.41, 5.74) is -4.31. The lowest BCUT2D eigenvalue weighted by molar-refractivity contribution is -0.0328. The Balaban J connectivity index is 1.82. The zero-order chi connectivity index (χ0) is 18.7. The van der Waals surface area contributed by atoms with Crippen molar-refractivity contribution < 1.29 is 22.4 Å². The van der Waals surface area contributed by atoms with Crippen LogP contribution in [0.15, 0.2) is 66.1 Å². The fraction of sp³-hybridized carbons (Fsp3) is 0.0588. The lowest BCUT2D eigenvalue weighted by Crippen LogP contribution is -2.14. The van der Waals surface area contributed by atoms with Crippen molar-refractivity contribution >= 4 is 23.4 Å². The molecule has 3 rings (SSSR count). The van der Waals surface area contributed by atoms with Crippen molar-refractivity contribution in [2.75, 3.05) is 5.32 Å². The van der Waals surface area contributed by atoms with Crippen LogP contribution in [-0.2, 0) is 0 Å². The lowest BCUT2D eigenvalue weighted by atomic mass is 10.2. The average molecular weight is 381 g/mol. The van der Waals surface area contributed by atoms with Gasteiger partial charge in [0.2, 0.25) is 0 Å². The summed E-state index contributed by atoms with van der Waals surface area (Å²) < 4.78 is 53.5. The van der Waals surface area contributed by atoms with Crippen molar-refractivity contribution in [2.45, 2.75) is 10.4 Å². The lowest BCUT2D eigenvalue weighted by Gasteiger charge is -2.12. The van der Waals surface area contributed by atoms with E-state index in [9.17, 15) is 22.4 Å². The second-order valence-corrected chi connectivity index (χ2v) is 6.24. The van der Waals surface area contributed by atoms with Gasteiger partial charge >= 0.3 is 5.51 Å². The molecule has 4 nitrogen and oxygen atoms in total. The molecule has 0 bridgehead atoms. The molecule has 134 valence electrons. The van der Waals surface area contributed by atoms with Gasteiger partial charge in [-0.15, -0.1) is 0 Å². The number of benzene rings is 2. The molecule has 0 spiro atoms. The molecule has 0 saturated carbocycles. The summed E-state index contributed by atoms with van der Waals surface area (Å²) in [6.07, 6.45) is 4.47. The van der Waals surface area contributed by atoms with E-state index in [4.69, 9.17) is 0 Å². The average Bonchev–Trinajstić information content (AvgIpc) is 3.08. The molecule has 2 aromatic carbocycles. The van der Waals surface area contributed by atoms with Gasteiger partial charge in [0.15, 0.2) is 0 Å². The van der Waals surface area contributed by atoms with Gasteiger partial charge < -0.3 is 9.88 Å². The maximum atomic E-state index is 14.2. The van der Waals surface area contributed by atoms with Crippen LogP contribution < -0.4 is 5.32 Å². The first-order valence-electron chi connectivity index (χ1n) is 7.27. The molecular formula is C17H11F4N3OS. The predicted octanol–water partition coefficient (Wildman–Crippen LogP) is 4.88. The number of hydrogen-bond acceptors (Lipinski definition) is 3. The summed E-state index contributed by atoms with van der Waals surface area (Å²) in [5, 5.41) is 2.41. The van der Waals surface area contributed by atoms with E-state index in [1.807, 2.05) is 0 Å².